The summed E-state index contributed by atoms with van der Waals surface area (Å²) in [6, 6.07) is 5.63. The highest BCUT2D eigenvalue weighted by atomic mass is 16.5. The lowest BCUT2D eigenvalue weighted by Gasteiger charge is -2.27. The van der Waals surface area contributed by atoms with E-state index < -0.39 is 6.04 Å². The number of nitrogens with two attached hydrogens (primary N) is 1. The van der Waals surface area contributed by atoms with E-state index in [1.54, 1.807) is 14.2 Å². The van der Waals surface area contributed by atoms with Crippen molar-refractivity contribution in [2.75, 3.05) is 40.5 Å². The Bertz CT molecular complexity index is 611. The number of carbonyl (C=O) groups is 1. The molecule has 27 heavy (non-hydrogen) atoms. The van der Waals surface area contributed by atoms with Crippen molar-refractivity contribution in [3.63, 3.8) is 0 Å². The topological polar surface area (TPSA) is 86.1 Å². The molecule has 2 aliphatic heterocycles. The SMILES string of the molecule is COc1cc(CN2CCC(NC(=O)C(N)C3CCOCC3)C2)cc(OC)c1. The number of amides is 1. The lowest BCUT2D eigenvalue weighted by Crippen LogP contribution is -2.50. The van der Waals surface area contributed by atoms with E-state index in [-0.39, 0.29) is 17.9 Å². The molecule has 2 fully saturated rings. The molecule has 0 bridgehead atoms. The highest BCUT2D eigenvalue weighted by molar-refractivity contribution is 5.82. The second kappa shape index (κ2) is 9.39. The molecule has 1 aromatic carbocycles. The van der Waals surface area contributed by atoms with E-state index in [9.17, 15) is 4.79 Å². The van der Waals surface area contributed by atoms with Gasteiger partial charge in [-0.2, -0.15) is 0 Å². The van der Waals surface area contributed by atoms with E-state index in [4.69, 9.17) is 19.9 Å². The van der Waals surface area contributed by atoms with Crippen LogP contribution in [0.25, 0.3) is 0 Å². The average Bonchev–Trinajstić information content (AvgIpc) is 3.14. The summed E-state index contributed by atoms with van der Waals surface area (Å²) in [5, 5.41) is 3.14. The largest absolute Gasteiger partial charge is 0.497 e. The molecule has 2 unspecified atom stereocenters. The maximum Gasteiger partial charge on any atom is 0.237 e. The van der Waals surface area contributed by atoms with Gasteiger partial charge in [0.1, 0.15) is 11.5 Å². The van der Waals surface area contributed by atoms with Crippen LogP contribution in [0, 0.1) is 5.92 Å². The minimum atomic E-state index is -0.439. The summed E-state index contributed by atoms with van der Waals surface area (Å²) in [4.78, 5) is 14.8. The van der Waals surface area contributed by atoms with Crippen LogP contribution in [0.4, 0.5) is 0 Å². The van der Waals surface area contributed by atoms with Gasteiger partial charge in [-0.05, 0) is 42.9 Å². The summed E-state index contributed by atoms with van der Waals surface area (Å²) in [6.07, 6.45) is 2.67. The Kier molecular flexibility index (Phi) is 6.93. The van der Waals surface area contributed by atoms with Gasteiger partial charge in [0, 0.05) is 45.0 Å². The van der Waals surface area contributed by atoms with E-state index in [0.717, 1.165) is 56.0 Å². The first kappa shape index (κ1) is 19.9. The lowest BCUT2D eigenvalue weighted by atomic mass is 9.91. The maximum absolute atomic E-state index is 12.5. The minimum absolute atomic E-state index is 0.0307. The first-order chi connectivity index (χ1) is 13.1. The summed E-state index contributed by atoms with van der Waals surface area (Å²) in [6.45, 7) is 3.97. The molecule has 0 radical (unpaired) electrons. The van der Waals surface area contributed by atoms with Gasteiger partial charge in [-0.25, -0.2) is 0 Å². The fraction of sp³-hybridized carbons (Fsp3) is 0.650. The number of benzene rings is 1. The molecule has 2 heterocycles. The molecule has 1 amide bonds. The van der Waals surface area contributed by atoms with Gasteiger partial charge in [0.15, 0.2) is 0 Å². The van der Waals surface area contributed by atoms with Crippen molar-refractivity contribution in [1.82, 2.24) is 10.2 Å². The van der Waals surface area contributed by atoms with Gasteiger partial charge in [-0.1, -0.05) is 0 Å². The van der Waals surface area contributed by atoms with Gasteiger partial charge in [0.25, 0.3) is 0 Å². The predicted octanol–water partition coefficient (Wildman–Crippen LogP) is 1.15. The van der Waals surface area contributed by atoms with Crippen molar-refractivity contribution < 1.29 is 19.0 Å². The lowest BCUT2D eigenvalue weighted by molar-refractivity contribution is -0.125. The highest BCUT2D eigenvalue weighted by Gasteiger charge is 2.30. The Balaban J connectivity index is 1.50. The van der Waals surface area contributed by atoms with Crippen molar-refractivity contribution in [3.8, 4) is 11.5 Å². The molecule has 7 heteroatoms. The Hall–Kier alpha value is -1.83. The number of carbonyl (C=O) groups excluding carboxylic acids is 1. The molecule has 0 spiro atoms. The molecule has 3 rings (SSSR count). The van der Waals surface area contributed by atoms with Crippen molar-refractivity contribution in [2.45, 2.75) is 37.9 Å². The van der Waals surface area contributed by atoms with Gasteiger partial charge in [0.05, 0.1) is 20.3 Å². The summed E-state index contributed by atoms with van der Waals surface area (Å²) >= 11 is 0. The second-order valence-corrected chi connectivity index (χ2v) is 7.43. The van der Waals surface area contributed by atoms with Crippen LogP contribution in [0.3, 0.4) is 0 Å². The zero-order valence-corrected chi connectivity index (χ0v) is 16.3. The van der Waals surface area contributed by atoms with Crippen LogP contribution >= 0.6 is 0 Å². The maximum atomic E-state index is 12.5. The standard InChI is InChI=1S/C20H31N3O4/c1-25-17-9-14(10-18(11-17)26-2)12-23-6-3-16(13-23)22-20(24)19(21)15-4-7-27-8-5-15/h9-11,15-16,19H,3-8,12-13,21H2,1-2H3,(H,22,24). The van der Waals surface area contributed by atoms with E-state index in [1.165, 1.54) is 0 Å². The fourth-order valence-electron chi connectivity index (χ4n) is 3.90. The quantitative estimate of drug-likeness (QED) is 0.741. The Morgan fingerprint density at radius 2 is 1.89 bits per heavy atom. The van der Waals surface area contributed by atoms with Crippen LogP contribution in [-0.4, -0.2) is 63.4 Å². The summed E-state index contributed by atoms with van der Waals surface area (Å²) in [5.74, 6) is 1.77. The van der Waals surface area contributed by atoms with Crippen molar-refractivity contribution >= 4 is 5.91 Å². The third kappa shape index (κ3) is 5.34. The summed E-state index contributed by atoms with van der Waals surface area (Å²) in [5.41, 5.74) is 7.32. The van der Waals surface area contributed by atoms with Crippen LogP contribution in [0.5, 0.6) is 11.5 Å². The van der Waals surface area contributed by atoms with Crippen LogP contribution in [0.1, 0.15) is 24.8 Å². The monoisotopic (exact) mass is 377 g/mol. The highest BCUT2D eigenvalue weighted by Crippen LogP contribution is 2.24. The number of rotatable bonds is 7. The molecule has 0 aliphatic carbocycles. The van der Waals surface area contributed by atoms with Gasteiger partial charge in [-0.15, -0.1) is 0 Å². The molecular formula is C20H31N3O4. The van der Waals surface area contributed by atoms with Gasteiger partial charge in [0.2, 0.25) is 5.91 Å². The number of hydrogen-bond acceptors (Lipinski definition) is 6. The Morgan fingerprint density at radius 3 is 2.52 bits per heavy atom. The molecule has 0 saturated carbocycles. The zero-order valence-electron chi connectivity index (χ0n) is 16.3. The normalized spacial score (nSPS) is 22.4. The fourth-order valence-corrected chi connectivity index (χ4v) is 3.90. The number of nitrogens with one attached hydrogen (secondary N) is 1. The van der Waals surface area contributed by atoms with E-state index in [0.29, 0.717) is 13.2 Å². The number of hydrogen-bond donors (Lipinski definition) is 2. The number of ether oxygens (including phenoxy) is 3. The van der Waals surface area contributed by atoms with Crippen molar-refractivity contribution in [1.29, 1.82) is 0 Å². The van der Waals surface area contributed by atoms with Gasteiger partial charge >= 0.3 is 0 Å². The first-order valence-corrected chi connectivity index (χ1v) is 9.67. The van der Waals surface area contributed by atoms with Crippen LogP contribution in [-0.2, 0) is 16.1 Å². The molecular weight excluding hydrogens is 346 g/mol. The molecule has 2 atom stereocenters. The van der Waals surface area contributed by atoms with E-state index in [2.05, 4.69) is 10.2 Å². The molecule has 2 aliphatic rings. The number of nitrogens with zero attached hydrogens (tertiary/aromatic N) is 1. The smallest absolute Gasteiger partial charge is 0.237 e. The predicted molar refractivity (Wildman–Crippen MR) is 103 cm³/mol. The van der Waals surface area contributed by atoms with Crippen molar-refractivity contribution in [3.05, 3.63) is 23.8 Å². The van der Waals surface area contributed by atoms with Crippen molar-refractivity contribution in [2.24, 2.45) is 11.7 Å². The average molecular weight is 377 g/mol. The van der Waals surface area contributed by atoms with Crippen LogP contribution in [0.2, 0.25) is 0 Å². The van der Waals surface area contributed by atoms with Crippen LogP contribution < -0.4 is 20.5 Å². The Morgan fingerprint density at radius 1 is 1.22 bits per heavy atom. The molecule has 3 N–H and O–H groups in total. The molecule has 150 valence electrons. The van der Waals surface area contributed by atoms with E-state index >= 15 is 0 Å². The van der Waals surface area contributed by atoms with Gasteiger partial charge in [-0.3, -0.25) is 9.69 Å². The zero-order chi connectivity index (χ0) is 19.2. The molecule has 2 saturated heterocycles. The van der Waals surface area contributed by atoms with E-state index in [1.807, 2.05) is 18.2 Å². The first-order valence-electron chi connectivity index (χ1n) is 9.67. The summed E-state index contributed by atoms with van der Waals surface area (Å²) < 4.78 is 16.0. The number of likely N-dealkylation sites (tertiary alicyclic amines) is 1. The molecule has 1 aromatic rings. The van der Waals surface area contributed by atoms with Gasteiger partial charge < -0.3 is 25.3 Å². The minimum Gasteiger partial charge on any atom is -0.497 e. The molecule has 7 nitrogen and oxygen atoms in total. The van der Waals surface area contributed by atoms with Crippen LogP contribution in [0.15, 0.2) is 18.2 Å². The summed E-state index contributed by atoms with van der Waals surface area (Å²) in [7, 11) is 3.31. The third-order valence-corrected chi connectivity index (χ3v) is 5.51. The second-order valence-electron chi connectivity index (χ2n) is 7.43. The Labute approximate surface area is 161 Å². The molecule has 0 aromatic heterocycles. The number of methoxy groups -OCH3 is 2. The third-order valence-electron chi connectivity index (χ3n) is 5.51.